The van der Waals surface area contributed by atoms with Gasteiger partial charge in [-0.1, -0.05) is 6.92 Å². The summed E-state index contributed by atoms with van der Waals surface area (Å²) in [4.78, 5) is 15.3. The summed E-state index contributed by atoms with van der Waals surface area (Å²) in [5.41, 5.74) is -0.436. The SMILES string of the molecule is CCOC(=O)C(CN1CCCC1CC)(NC1CC1)C1CC1. The number of rotatable bonds is 8. The first kappa shape index (κ1) is 15.3. The molecule has 0 aromatic rings. The van der Waals surface area contributed by atoms with Crippen molar-refractivity contribution in [1.82, 2.24) is 10.2 Å². The van der Waals surface area contributed by atoms with Crippen LogP contribution in [0.25, 0.3) is 0 Å². The first-order valence-corrected chi connectivity index (χ1v) is 8.88. The minimum atomic E-state index is -0.436. The van der Waals surface area contributed by atoms with Crippen molar-refractivity contribution in [1.29, 1.82) is 0 Å². The molecule has 3 fully saturated rings. The van der Waals surface area contributed by atoms with Gasteiger partial charge in [-0.2, -0.15) is 0 Å². The highest BCUT2D eigenvalue weighted by Gasteiger charge is 2.55. The predicted molar refractivity (Wildman–Crippen MR) is 83.1 cm³/mol. The van der Waals surface area contributed by atoms with Crippen molar-refractivity contribution in [3.05, 3.63) is 0 Å². The van der Waals surface area contributed by atoms with Crippen molar-refractivity contribution in [2.45, 2.75) is 76.4 Å². The Morgan fingerprint density at radius 1 is 1.24 bits per heavy atom. The van der Waals surface area contributed by atoms with Crippen molar-refractivity contribution in [2.24, 2.45) is 5.92 Å². The smallest absolute Gasteiger partial charge is 0.327 e. The molecule has 2 aliphatic carbocycles. The van der Waals surface area contributed by atoms with Gasteiger partial charge < -0.3 is 4.74 Å². The Balaban J connectivity index is 1.77. The molecule has 1 aliphatic heterocycles. The number of hydrogen-bond acceptors (Lipinski definition) is 4. The van der Waals surface area contributed by atoms with E-state index in [4.69, 9.17) is 4.74 Å². The Morgan fingerprint density at radius 2 is 2.00 bits per heavy atom. The number of ether oxygens (including phenoxy) is 1. The molecular weight excluding hydrogens is 264 g/mol. The summed E-state index contributed by atoms with van der Waals surface area (Å²) in [6.45, 7) is 6.65. The maximum absolute atomic E-state index is 12.8. The fraction of sp³-hybridized carbons (Fsp3) is 0.941. The molecule has 2 saturated carbocycles. The molecular formula is C17H30N2O2. The molecule has 0 aromatic carbocycles. The first-order chi connectivity index (χ1) is 10.2. The van der Waals surface area contributed by atoms with Crippen LogP contribution >= 0.6 is 0 Å². The van der Waals surface area contributed by atoms with E-state index in [-0.39, 0.29) is 5.97 Å². The molecule has 4 heteroatoms. The van der Waals surface area contributed by atoms with E-state index < -0.39 is 5.54 Å². The largest absolute Gasteiger partial charge is 0.465 e. The zero-order valence-electron chi connectivity index (χ0n) is 13.6. The van der Waals surface area contributed by atoms with Crippen LogP contribution in [0.15, 0.2) is 0 Å². The first-order valence-electron chi connectivity index (χ1n) is 8.88. The number of carbonyl (C=O) groups excluding carboxylic acids is 1. The second-order valence-electron chi connectivity index (χ2n) is 7.06. The number of likely N-dealkylation sites (tertiary alicyclic amines) is 1. The molecule has 1 saturated heterocycles. The molecule has 2 unspecified atom stereocenters. The lowest BCUT2D eigenvalue weighted by Crippen LogP contribution is -2.62. The number of esters is 1. The van der Waals surface area contributed by atoms with Crippen molar-refractivity contribution in [3.8, 4) is 0 Å². The topological polar surface area (TPSA) is 41.6 Å². The van der Waals surface area contributed by atoms with Gasteiger partial charge in [0.25, 0.3) is 0 Å². The van der Waals surface area contributed by atoms with Gasteiger partial charge in [-0.25, -0.2) is 4.79 Å². The lowest BCUT2D eigenvalue weighted by atomic mass is 9.91. The third-order valence-electron chi connectivity index (χ3n) is 5.38. The molecule has 0 radical (unpaired) electrons. The minimum Gasteiger partial charge on any atom is -0.465 e. The van der Waals surface area contributed by atoms with Crippen LogP contribution in [0.4, 0.5) is 0 Å². The van der Waals surface area contributed by atoms with Gasteiger partial charge >= 0.3 is 5.97 Å². The predicted octanol–water partition coefficient (Wildman–Crippen LogP) is 2.32. The van der Waals surface area contributed by atoms with Gasteiger partial charge in [-0.3, -0.25) is 10.2 Å². The molecule has 1 N–H and O–H groups in total. The standard InChI is InChI=1S/C17H30N2O2/c1-3-15-6-5-11-19(15)12-17(13-7-8-13,16(20)21-4-2)18-14-9-10-14/h13-15,18H,3-12H2,1-2H3. The van der Waals surface area contributed by atoms with Gasteiger partial charge in [0.1, 0.15) is 5.54 Å². The minimum absolute atomic E-state index is 0.00107. The van der Waals surface area contributed by atoms with Crippen LogP contribution in [0.3, 0.4) is 0 Å². The maximum atomic E-state index is 12.8. The Hall–Kier alpha value is -0.610. The summed E-state index contributed by atoms with van der Waals surface area (Å²) in [5, 5.41) is 3.71. The number of carbonyl (C=O) groups is 1. The lowest BCUT2D eigenvalue weighted by molar-refractivity contribution is -0.153. The maximum Gasteiger partial charge on any atom is 0.327 e. The van der Waals surface area contributed by atoms with Gasteiger partial charge in [0.05, 0.1) is 6.61 Å². The Morgan fingerprint density at radius 3 is 2.57 bits per heavy atom. The van der Waals surface area contributed by atoms with Crippen LogP contribution in [0, 0.1) is 5.92 Å². The van der Waals surface area contributed by atoms with E-state index in [1.807, 2.05) is 6.92 Å². The molecule has 1 heterocycles. The summed E-state index contributed by atoms with van der Waals surface area (Å²) in [6.07, 6.45) is 8.50. The highest BCUT2D eigenvalue weighted by molar-refractivity contribution is 5.82. The van der Waals surface area contributed by atoms with Crippen LogP contribution in [0.2, 0.25) is 0 Å². The summed E-state index contributed by atoms with van der Waals surface area (Å²) >= 11 is 0. The summed E-state index contributed by atoms with van der Waals surface area (Å²) in [7, 11) is 0. The normalized spacial score (nSPS) is 29.3. The van der Waals surface area contributed by atoms with Crippen molar-refractivity contribution >= 4 is 5.97 Å². The molecule has 21 heavy (non-hydrogen) atoms. The van der Waals surface area contributed by atoms with Crippen LogP contribution in [0.5, 0.6) is 0 Å². The zero-order valence-corrected chi connectivity index (χ0v) is 13.6. The molecule has 120 valence electrons. The van der Waals surface area contributed by atoms with Gasteiger partial charge in [0, 0.05) is 18.6 Å². The quantitative estimate of drug-likeness (QED) is 0.698. The fourth-order valence-electron chi connectivity index (χ4n) is 3.90. The van der Waals surface area contributed by atoms with Gasteiger partial charge in [0.2, 0.25) is 0 Å². The Kier molecular flexibility index (Phi) is 4.55. The third kappa shape index (κ3) is 3.26. The van der Waals surface area contributed by atoms with E-state index in [2.05, 4.69) is 17.1 Å². The van der Waals surface area contributed by atoms with Gasteiger partial charge in [-0.05, 0) is 64.3 Å². The molecule has 0 aromatic heterocycles. The van der Waals surface area contributed by atoms with E-state index in [0.29, 0.717) is 24.6 Å². The monoisotopic (exact) mass is 294 g/mol. The van der Waals surface area contributed by atoms with Crippen molar-refractivity contribution in [3.63, 3.8) is 0 Å². The van der Waals surface area contributed by atoms with Crippen molar-refractivity contribution in [2.75, 3.05) is 19.7 Å². The van der Waals surface area contributed by atoms with Crippen LogP contribution in [0.1, 0.15) is 58.8 Å². The van der Waals surface area contributed by atoms with E-state index in [1.54, 1.807) is 0 Å². The summed E-state index contributed by atoms with van der Waals surface area (Å²) in [6, 6.07) is 1.19. The van der Waals surface area contributed by atoms with Gasteiger partial charge in [0.15, 0.2) is 0 Å². The molecule has 0 bridgehead atoms. The van der Waals surface area contributed by atoms with E-state index in [1.165, 1.54) is 44.9 Å². The molecule has 3 aliphatic rings. The number of nitrogens with one attached hydrogen (secondary N) is 1. The van der Waals surface area contributed by atoms with Crippen LogP contribution < -0.4 is 5.32 Å². The van der Waals surface area contributed by atoms with Crippen LogP contribution in [-0.2, 0) is 9.53 Å². The average molecular weight is 294 g/mol. The van der Waals surface area contributed by atoms with Gasteiger partial charge in [-0.15, -0.1) is 0 Å². The third-order valence-corrected chi connectivity index (χ3v) is 5.38. The molecule has 3 rings (SSSR count). The molecule has 0 spiro atoms. The second-order valence-corrected chi connectivity index (χ2v) is 7.06. The van der Waals surface area contributed by atoms with E-state index in [9.17, 15) is 4.79 Å². The molecule has 0 amide bonds. The highest BCUT2D eigenvalue weighted by Crippen LogP contribution is 2.43. The number of hydrogen-bond donors (Lipinski definition) is 1. The van der Waals surface area contributed by atoms with Crippen LogP contribution in [-0.4, -0.2) is 48.2 Å². The summed E-state index contributed by atoms with van der Waals surface area (Å²) < 4.78 is 5.49. The summed E-state index contributed by atoms with van der Waals surface area (Å²) in [5.74, 6) is 0.483. The fourth-order valence-corrected chi connectivity index (χ4v) is 3.90. The average Bonchev–Trinajstić information content (AvgIpc) is 3.38. The zero-order chi connectivity index (χ0) is 14.9. The van der Waals surface area contributed by atoms with E-state index >= 15 is 0 Å². The van der Waals surface area contributed by atoms with E-state index in [0.717, 1.165) is 13.1 Å². The number of nitrogens with zero attached hydrogens (tertiary/aromatic N) is 1. The second kappa shape index (κ2) is 6.25. The van der Waals surface area contributed by atoms with Crippen molar-refractivity contribution < 1.29 is 9.53 Å². The lowest BCUT2D eigenvalue weighted by Gasteiger charge is -2.38. The highest BCUT2D eigenvalue weighted by atomic mass is 16.5. The Labute approximate surface area is 128 Å². The molecule has 2 atom stereocenters. The molecule has 4 nitrogen and oxygen atoms in total. The Bertz CT molecular complexity index is 379.